The van der Waals surface area contributed by atoms with Crippen LogP contribution < -0.4 is 4.90 Å². The van der Waals surface area contributed by atoms with Gasteiger partial charge in [-0.1, -0.05) is 60.1 Å². The SMILES string of the molecule is COCCN(C(=O)C(CC(=O)O)Cc1ccccc1)c1nc(-c2ccccc2Cl)cs1. The quantitative estimate of drug-likeness (QED) is 0.473. The van der Waals surface area contributed by atoms with Crippen molar-refractivity contribution in [2.75, 3.05) is 25.2 Å². The van der Waals surface area contributed by atoms with Crippen LogP contribution >= 0.6 is 22.9 Å². The molecule has 1 aromatic heterocycles. The zero-order valence-corrected chi connectivity index (χ0v) is 18.6. The minimum absolute atomic E-state index is 0.264. The highest BCUT2D eigenvalue weighted by Gasteiger charge is 2.29. The van der Waals surface area contributed by atoms with E-state index in [9.17, 15) is 14.7 Å². The van der Waals surface area contributed by atoms with E-state index in [4.69, 9.17) is 16.3 Å². The number of amides is 1. The maximum atomic E-state index is 13.4. The summed E-state index contributed by atoms with van der Waals surface area (Å²) in [4.78, 5) is 31.1. The highest BCUT2D eigenvalue weighted by molar-refractivity contribution is 7.14. The number of methoxy groups -OCH3 is 1. The molecule has 8 heteroatoms. The van der Waals surface area contributed by atoms with Gasteiger partial charge in [0.1, 0.15) is 0 Å². The number of aromatic nitrogens is 1. The summed E-state index contributed by atoms with van der Waals surface area (Å²) in [7, 11) is 1.55. The minimum Gasteiger partial charge on any atom is -0.481 e. The van der Waals surface area contributed by atoms with E-state index in [0.717, 1.165) is 11.1 Å². The van der Waals surface area contributed by atoms with Crippen molar-refractivity contribution in [2.24, 2.45) is 5.92 Å². The summed E-state index contributed by atoms with van der Waals surface area (Å²) >= 11 is 7.61. The lowest BCUT2D eigenvalue weighted by molar-refractivity contribution is -0.140. The molecule has 0 aliphatic rings. The fourth-order valence-electron chi connectivity index (χ4n) is 3.24. The van der Waals surface area contributed by atoms with Crippen LogP contribution in [0.2, 0.25) is 5.02 Å². The molecule has 31 heavy (non-hydrogen) atoms. The zero-order valence-electron chi connectivity index (χ0n) is 17.0. The lowest BCUT2D eigenvalue weighted by atomic mass is 9.95. The number of hydrogen-bond donors (Lipinski definition) is 1. The number of carbonyl (C=O) groups excluding carboxylic acids is 1. The fraction of sp³-hybridized carbons (Fsp3) is 0.261. The molecule has 0 radical (unpaired) electrons. The van der Waals surface area contributed by atoms with Crippen molar-refractivity contribution < 1.29 is 19.4 Å². The van der Waals surface area contributed by atoms with E-state index < -0.39 is 11.9 Å². The van der Waals surface area contributed by atoms with E-state index in [1.54, 1.807) is 13.2 Å². The summed E-state index contributed by atoms with van der Waals surface area (Å²) in [6.45, 7) is 0.577. The molecule has 0 fully saturated rings. The molecule has 2 aromatic carbocycles. The first-order valence-electron chi connectivity index (χ1n) is 9.76. The normalized spacial score (nSPS) is 11.8. The Bertz CT molecular complexity index is 1030. The molecule has 1 amide bonds. The molecule has 0 spiro atoms. The van der Waals surface area contributed by atoms with Crippen molar-refractivity contribution in [2.45, 2.75) is 12.8 Å². The summed E-state index contributed by atoms with van der Waals surface area (Å²) < 4.78 is 5.18. The Hall–Kier alpha value is -2.74. The molecular formula is C23H23ClN2O4S. The van der Waals surface area contributed by atoms with Crippen LogP contribution in [0.5, 0.6) is 0 Å². The number of benzene rings is 2. The number of thiazole rings is 1. The second-order valence-electron chi connectivity index (χ2n) is 6.96. The summed E-state index contributed by atoms with van der Waals surface area (Å²) in [6.07, 6.45) is 0.0676. The molecule has 0 aliphatic carbocycles. The molecular weight excluding hydrogens is 436 g/mol. The Labute approximate surface area is 190 Å². The van der Waals surface area contributed by atoms with E-state index in [1.807, 2.05) is 53.9 Å². The summed E-state index contributed by atoms with van der Waals surface area (Å²) in [5, 5.41) is 12.3. The number of carbonyl (C=O) groups is 2. The smallest absolute Gasteiger partial charge is 0.304 e. The Morgan fingerprint density at radius 1 is 1.16 bits per heavy atom. The highest BCUT2D eigenvalue weighted by Crippen LogP contribution is 2.32. The third-order valence-corrected chi connectivity index (χ3v) is 5.95. The van der Waals surface area contributed by atoms with Gasteiger partial charge < -0.3 is 9.84 Å². The van der Waals surface area contributed by atoms with Crippen molar-refractivity contribution in [1.82, 2.24) is 4.98 Å². The van der Waals surface area contributed by atoms with Gasteiger partial charge in [0.05, 0.1) is 31.2 Å². The topological polar surface area (TPSA) is 79.7 Å². The third-order valence-electron chi connectivity index (χ3n) is 4.75. The Balaban J connectivity index is 1.90. The number of carboxylic acids is 1. The van der Waals surface area contributed by atoms with Crippen LogP contribution in [-0.4, -0.2) is 42.2 Å². The van der Waals surface area contributed by atoms with Crippen LogP contribution in [0, 0.1) is 5.92 Å². The van der Waals surface area contributed by atoms with E-state index >= 15 is 0 Å². The molecule has 162 valence electrons. The van der Waals surface area contributed by atoms with Crippen LogP contribution in [0.25, 0.3) is 11.3 Å². The van der Waals surface area contributed by atoms with Gasteiger partial charge in [0.2, 0.25) is 5.91 Å². The van der Waals surface area contributed by atoms with Gasteiger partial charge >= 0.3 is 5.97 Å². The maximum absolute atomic E-state index is 13.4. The van der Waals surface area contributed by atoms with E-state index in [2.05, 4.69) is 4.98 Å². The molecule has 0 saturated carbocycles. The zero-order chi connectivity index (χ0) is 22.2. The molecule has 6 nitrogen and oxygen atoms in total. The lowest BCUT2D eigenvalue weighted by Crippen LogP contribution is -2.40. The van der Waals surface area contributed by atoms with Gasteiger partial charge in [0.15, 0.2) is 5.13 Å². The van der Waals surface area contributed by atoms with Gasteiger partial charge in [-0.05, 0) is 18.1 Å². The number of aliphatic carboxylic acids is 1. The van der Waals surface area contributed by atoms with Crippen LogP contribution in [0.1, 0.15) is 12.0 Å². The van der Waals surface area contributed by atoms with Gasteiger partial charge in [0, 0.05) is 23.1 Å². The molecule has 3 aromatic rings. The highest BCUT2D eigenvalue weighted by atomic mass is 35.5. The first-order chi connectivity index (χ1) is 15.0. The average Bonchev–Trinajstić information content (AvgIpc) is 3.24. The molecule has 0 bridgehead atoms. The van der Waals surface area contributed by atoms with E-state index in [1.165, 1.54) is 16.2 Å². The fourth-order valence-corrected chi connectivity index (χ4v) is 4.33. The van der Waals surface area contributed by atoms with Crippen LogP contribution in [0.3, 0.4) is 0 Å². The van der Waals surface area contributed by atoms with Crippen molar-refractivity contribution in [1.29, 1.82) is 0 Å². The number of hydrogen-bond acceptors (Lipinski definition) is 5. The summed E-state index contributed by atoms with van der Waals surface area (Å²) in [6, 6.07) is 16.8. The van der Waals surface area contributed by atoms with Gasteiger partial charge in [-0.3, -0.25) is 14.5 Å². The van der Waals surface area contributed by atoms with Gasteiger partial charge in [-0.15, -0.1) is 11.3 Å². The number of rotatable bonds is 10. The monoisotopic (exact) mass is 458 g/mol. The molecule has 0 aliphatic heterocycles. The predicted molar refractivity (Wildman–Crippen MR) is 123 cm³/mol. The van der Waals surface area contributed by atoms with Gasteiger partial charge in [-0.25, -0.2) is 4.98 Å². The number of ether oxygens (including phenoxy) is 1. The molecule has 0 saturated heterocycles. The molecule has 1 unspecified atom stereocenters. The first-order valence-corrected chi connectivity index (χ1v) is 11.0. The Morgan fingerprint density at radius 3 is 2.55 bits per heavy atom. The van der Waals surface area contributed by atoms with Crippen LogP contribution in [-0.2, 0) is 20.7 Å². The van der Waals surface area contributed by atoms with Gasteiger partial charge in [-0.2, -0.15) is 0 Å². The van der Waals surface area contributed by atoms with Crippen LogP contribution in [0.15, 0.2) is 60.0 Å². The first kappa shape index (κ1) is 22.9. The second kappa shape index (κ2) is 11.0. The average molecular weight is 459 g/mol. The standard InChI is InChI=1S/C23H23ClN2O4S/c1-30-12-11-26(23-25-20(15-31-23)18-9-5-6-10-19(18)24)22(29)17(14-21(27)28)13-16-7-3-2-4-8-16/h2-10,15,17H,11-14H2,1H3,(H,27,28). The molecule has 1 atom stereocenters. The second-order valence-corrected chi connectivity index (χ2v) is 8.21. The number of halogens is 1. The van der Waals surface area contributed by atoms with Gasteiger partial charge in [0.25, 0.3) is 0 Å². The number of anilines is 1. The summed E-state index contributed by atoms with van der Waals surface area (Å²) in [5.41, 5.74) is 2.35. The Morgan fingerprint density at radius 2 is 1.87 bits per heavy atom. The summed E-state index contributed by atoms with van der Waals surface area (Å²) in [5.74, 6) is -2.02. The number of carboxylic acid groups (broad SMARTS) is 1. The molecule has 1 heterocycles. The van der Waals surface area contributed by atoms with Crippen molar-refractivity contribution in [3.8, 4) is 11.3 Å². The third kappa shape index (κ3) is 6.13. The lowest BCUT2D eigenvalue weighted by Gasteiger charge is -2.24. The van der Waals surface area contributed by atoms with Crippen molar-refractivity contribution in [3.63, 3.8) is 0 Å². The number of nitrogens with zero attached hydrogens (tertiary/aromatic N) is 2. The molecule has 3 rings (SSSR count). The van der Waals surface area contributed by atoms with Crippen molar-refractivity contribution in [3.05, 3.63) is 70.6 Å². The predicted octanol–water partition coefficient (Wildman–Crippen LogP) is 4.78. The van der Waals surface area contributed by atoms with E-state index in [-0.39, 0.29) is 18.9 Å². The maximum Gasteiger partial charge on any atom is 0.304 e. The Kier molecular flexibility index (Phi) is 8.17. The van der Waals surface area contributed by atoms with E-state index in [0.29, 0.717) is 28.9 Å². The minimum atomic E-state index is -1.02. The molecule has 1 N–H and O–H groups in total. The largest absolute Gasteiger partial charge is 0.481 e. The van der Waals surface area contributed by atoms with Crippen LogP contribution in [0.4, 0.5) is 5.13 Å². The van der Waals surface area contributed by atoms with Crippen molar-refractivity contribution >= 4 is 39.9 Å².